The maximum Gasteiger partial charge on any atom is 0.180 e. The summed E-state index contributed by atoms with van der Waals surface area (Å²) in [5, 5.41) is 1.42. The number of rotatable bonds is 4. The summed E-state index contributed by atoms with van der Waals surface area (Å²) in [7, 11) is 0. The molecule has 0 saturated carbocycles. The number of halogens is 2. The third-order valence-electron chi connectivity index (χ3n) is 2.64. The van der Waals surface area contributed by atoms with Crippen molar-refractivity contribution in [3.8, 4) is 0 Å². The number of benzene rings is 1. The molecule has 0 fully saturated rings. The molecule has 0 atom stereocenters. The van der Waals surface area contributed by atoms with Crippen LogP contribution in [0.25, 0.3) is 0 Å². The first-order valence-corrected chi connectivity index (χ1v) is 7.77. The van der Waals surface area contributed by atoms with E-state index in [1.54, 1.807) is 11.3 Å². The fourth-order valence-corrected chi connectivity index (χ4v) is 3.32. The van der Waals surface area contributed by atoms with Gasteiger partial charge in [0.25, 0.3) is 0 Å². The number of thiazole rings is 1. The zero-order chi connectivity index (χ0) is 13.1. The van der Waals surface area contributed by atoms with Crippen molar-refractivity contribution in [2.45, 2.75) is 26.2 Å². The summed E-state index contributed by atoms with van der Waals surface area (Å²) >= 11 is 11.2. The molecule has 96 valence electrons. The Kier molecular flexibility index (Phi) is 4.65. The van der Waals surface area contributed by atoms with Crippen LogP contribution in [-0.4, -0.2) is 4.98 Å². The highest BCUT2D eigenvalue weighted by molar-refractivity contribution is 9.10. The average Bonchev–Trinajstić information content (AvgIpc) is 2.65. The first-order chi connectivity index (χ1) is 8.60. The van der Waals surface area contributed by atoms with Gasteiger partial charge in [-0.25, -0.2) is 4.98 Å². The number of aryl methyl sites for hydroxylation is 1. The predicted molar refractivity (Wildman–Crippen MR) is 82.5 cm³/mol. The average molecular weight is 346 g/mol. The minimum Gasteiger partial charge on any atom is -0.375 e. The molecule has 0 unspecified atom stereocenters. The van der Waals surface area contributed by atoms with Gasteiger partial charge in [-0.05, 0) is 30.2 Å². The number of hydrogen-bond acceptors (Lipinski definition) is 3. The minimum absolute atomic E-state index is 0.638. The highest BCUT2D eigenvalue weighted by Gasteiger charge is 2.11. The molecule has 0 spiro atoms. The summed E-state index contributed by atoms with van der Waals surface area (Å²) < 4.78 is 1.04. The maximum atomic E-state index is 6.21. The van der Waals surface area contributed by atoms with Crippen molar-refractivity contribution in [2.24, 2.45) is 0 Å². The van der Waals surface area contributed by atoms with Crippen LogP contribution in [0.1, 0.15) is 29.5 Å². The maximum absolute atomic E-state index is 6.21. The Labute approximate surface area is 124 Å². The molecule has 18 heavy (non-hydrogen) atoms. The molecular formula is C13H14BrClN2S. The van der Waals surface area contributed by atoms with Crippen molar-refractivity contribution >= 4 is 44.0 Å². The zero-order valence-corrected chi connectivity index (χ0v) is 13.2. The number of hydrogen-bond donors (Lipinski definition) is 1. The first-order valence-electron chi connectivity index (χ1n) is 5.78. The lowest BCUT2D eigenvalue weighted by molar-refractivity contribution is 0.879. The predicted octanol–water partition coefficient (Wildman–Crippen LogP) is 4.68. The Morgan fingerprint density at radius 3 is 2.94 bits per heavy atom. The number of aromatic nitrogens is 1. The van der Waals surface area contributed by atoms with Crippen LogP contribution >= 0.6 is 38.9 Å². The summed E-state index contributed by atoms with van der Waals surface area (Å²) in [6.07, 6.45) is 2.83. The van der Waals surface area contributed by atoms with Crippen LogP contribution in [0, 0.1) is 0 Å². The lowest BCUT2D eigenvalue weighted by atomic mass is 10.1. The summed E-state index contributed by atoms with van der Waals surface area (Å²) in [6, 6.07) is 5.90. The number of anilines is 1. The van der Waals surface area contributed by atoms with Crippen molar-refractivity contribution in [3.05, 3.63) is 43.8 Å². The summed E-state index contributed by atoms with van der Waals surface area (Å²) in [5.74, 6) is 0. The SMILES string of the molecule is CCCc1nc(N)sc1Cc1cc(Br)ccc1Cl. The molecule has 0 aliphatic carbocycles. The Hall–Kier alpha value is -0.580. The van der Waals surface area contributed by atoms with Crippen LogP contribution in [-0.2, 0) is 12.8 Å². The van der Waals surface area contributed by atoms with Gasteiger partial charge in [-0.2, -0.15) is 0 Å². The molecule has 0 radical (unpaired) electrons. The molecule has 2 aromatic rings. The van der Waals surface area contributed by atoms with Gasteiger partial charge in [0.15, 0.2) is 5.13 Å². The van der Waals surface area contributed by atoms with Crippen molar-refractivity contribution in [3.63, 3.8) is 0 Å². The molecule has 0 aliphatic rings. The van der Waals surface area contributed by atoms with Gasteiger partial charge in [0.1, 0.15) is 0 Å². The molecule has 2 nitrogen and oxygen atoms in total. The second-order valence-electron chi connectivity index (χ2n) is 4.08. The van der Waals surface area contributed by atoms with E-state index >= 15 is 0 Å². The molecule has 0 amide bonds. The number of nitrogen functional groups attached to an aromatic ring is 1. The van der Waals surface area contributed by atoms with Gasteiger partial charge < -0.3 is 5.73 Å². The van der Waals surface area contributed by atoms with E-state index in [-0.39, 0.29) is 0 Å². The van der Waals surface area contributed by atoms with Crippen LogP contribution in [0.5, 0.6) is 0 Å². The summed E-state index contributed by atoms with van der Waals surface area (Å²) in [6.45, 7) is 2.14. The quantitative estimate of drug-likeness (QED) is 0.873. The fraction of sp³-hybridized carbons (Fsp3) is 0.308. The van der Waals surface area contributed by atoms with Gasteiger partial charge in [-0.1, -0.05) is 40.9 Å². The molecule has 2 rings (SSSR count). The van der Waals surface area contributed by atoms with Crippen LogP contribution in [0.2, 0.25) is 5.02 Å². The summed E-state index contributed by atoms with van der Waals surface area (Å²) in [4.78, 5) is 5.61. The normalized spacial score (nSPS) is 10.8. The van der Waals surface area contributed by atoms with Crippen LogP contribution in [0.3, 0.4) is 0 Å². The van der Waals surface area contributed by atoms with Crippen molar-refractivity contribution < 1.29 is 0 Å². The second-order valence-corrected chi connectivity index (χ2v) is 6.52. The Morgan fingerprint density at radius 2 is 2.22 bits per heavy atom. The number of nitrogens with two attached hydrogens (primary N) is 1. The molecular weight excluding hydrogens is 332 g/mol. The van der Waals surface area contributed by atoms with E-state index in [0.29, 0.717) is 5.13 Å². The lowest BCUT2D eigenvalue weighted by Crippen LogP contribution is -1.93. The molecule has 0 saturated heterocycles. The summed E-state index contributed by atoms with van der Waals surface area (Å²) in [5.41, 5.74) is 8.01. The van der Waals surface area contributed by atoms with E-state index in [4.69, 9.17) is 17.3 Å². The smallest absolute Gasteiger partial charge is 0.180 e. The topological polar surface area (TPSA) is 38.9 Å². The van der Waals surface area contributed by atoms with E-state index in [9.17, 15) is 0 Å². The highest BCUT2D eigenvalue weighted by atomic mass is 79.9. The van der Waals surface area contributed by atoms with E-state index in [1.807, 2.05) is 18.2 Å². The van der Waals surface area contributed by atoms with Gasteiger partial charge >= 0.3 is 0 Å². The Morgan fingerprint density at radius 1 is 1.44 bits per heavy atom. The molecule has 2 N–H and O–H groups in total. The molecule has 1 heterocycles. The molecule has 0 aliphatic heterocycles. The van der Waals surface area contributed by atoms with Crippen molar-refractivity contribution in [2.75, 3.05) is 5.73 Å². The third kappa shape index (κ3) is 3.25. The van der Waals surface area contributed by atoms with E-state index < -0.39 is 0 Å². The molecule has 1 aromatic heterocycles. The molecule has 5 heteroatoms. The van der Waals surface area contributed by atoms with Gasteiger partial charge in [-0.15, -0.1) is 11.3 Å². The molecule has 1 aromatic carbocycles. The number of nitrogens with zero attached hydrogens (tertiary/aromatic N) is 1. The van der Waals surface area contributed by atoms with E-state index in [2.05, 4.69) is 27.8 Å². The van der Waals surface area contributed by atoms with Crippen molar-refractivity contribution in [1.82, 2.24) is 4.98 Å². The lowest BCUT2D eigenvalue weighted by Gasteiger charge is -2.05. The Balaban J connectivity index is 2.30. The minimum atomic E-state index is 0.638. The largest absolute Gasteiger partial charge is 0.375 e. The van der Waals surface area contributed by atoms with Crippen LogP contribution in [0.4, 0.5) is 5.13 Å². The third-order valence-corrected chi connectivity index (χ3v) is 4.43. The van der Waals surface area contributed by atoms with Gasteiger partial charge in [0.2, 0.25) is 0 Å². The van der Waals surface area contributed by atoms with Gasteiger partial charge in [0.05, 0.1) is 5.69 Å². The monoisotopic (exact) mass is 344 g/mol. The van der Waals surface area contributed by atoms with Crippen molar-refractivity contribution in [1.29, 1.82) is 0 Å². The first kappa shape index (κ1) is 13.8. The standard InChI is InChI=1S/C13H14BrClN2S/c1-2-3-11-12(18-13(16)17-11)7-8-6-9(14)4-5-10(8)15/h4-6H,2-3,7H2,1H3,(H2,16,17). The van der Waals surface area contributed by atoms with Crippen LogP contribution < -0.4 is 5.73 Å². The highest BCUT2D eigenvalue weighted by Crippen LogP contribution is 2.29. The van der Waals surface area contributed by atoms with Crippen LogP contribution in [0.15, 0.2) is 22.7 Å². The second kappa shape index (κ2) is 6.04. The fourth-order valence-electron chi connectivity index (χ4n) is 1.83. The molecule has 0 bridgehead atoms. The Bertz CT molecular complexity index is 554. The van der Waals surface area contributed by atoms with E-state index in [1.165, 1.54) is 4.88 Å². The van der Waals surface area contributed by atoms with Gasteiger partial charge in [-0.3, -0.25) is 0 Å². The zero-order valence-electron chi connectivity index (χ0n) is 10.0. The van der Waals surface area contributed by atoms with E-state index in [0.717, 1.165) is 40.0 Å². The van der Waals surface area contributed by atoms with Gasteiger partial charge in [0, 0.05) is 20.8 Å².